The largest absolute Gasteiger partial charge is 1.00 e. The zero-order valence-corrected chi connectivity index (χ0v) is 27.3. The molecule has 0 aliphatic rings. The lowest BCUT2D eigenvalue weighted by Crippen LogP contribution is -3.00. The van der Waals surface area contributed by atoms with Gasteiger partial charge in [-0.1, -0.05) is 48.5 Å². The maximum absolute atomic E-state index is 12.5. The molecule has 0 saturated heterocycles. The van der Waals surface area contributed by atoms with E-state index < -0.39 is 11.8 Å². The molecule has 0 bridgehead atoms. The van der Waals surface area contributed by atoms with E-state index >= 15 is 0 Å². The lowest BCUT2D eigenvalue weighted by molar-refractivity contribution is -0.936. The zero-order valence-electron chi connectivity index (χ0n) is 24.2. The molecule has 0 spiro atoms. The van der Waals surface area contributed by atoms with Crippen LogP contribution in [0.1, 0.15) is 49.9 Å². The second kappa shape index (κ2) is 17.8. The van der Waals surface area contributed by atoms with Gasteiger partial charge in [0.2, 0.25) is 0 Å². The van der Waals surface area contributed by atoms with Crippen LogP contribution in [0.4, 0.5) is 0 Å². The molecule has 0 aromatic heterocycles. The first-order valence-corrected chi connectivity index (χ1v) is 13.6. The van der Waals surface area contributed by atoms with Crippen molar-refractivity contribution in [2.45, 2.75) is 54.6 Å². The topological polar surface area (TPSA) is 58.2 Å². The molecule has 8 heteroatoms. The lowest BCUT2D eigenvalue weighted by atomic mass is 10.1. The van der Waals surface area contributed by atoms with Gasteiger partial charge in [0.05, 0.1) is 52.4 Å². The minimum Gasteiger partial charge on any atom is -1.00 e. The summed E-state index contributed by atoms with van der Waals surface area (Å²) in [6.45, 7) is 21.4. The van der Waals surface area contributed by atoms with Crippen LogP contribution >= 0.6 is 0 Å². The van der Waals surface area contributed by atoms with Crippen LogP contribution in [-0.2, 0) is 22.7 Å². The molecular formula is C30H48Br2N4O2. The fourth-order valence-corrected chi connectivity index (χ4v) is 4.96. The van der Waals surface area contributed by atoms with E-state index in [0.717, 1.165) is 61.3 Å². The fourth-order valence-electron chi connectivity index (χ4n) is 4.96. The number of carbonyl (C=O) groups is 2. The average molecular weight is 657 g/mol. The van der Waals surface area contributed by atoms with Crippen LogP contribution in [0.15, 0.2) is 48.5 Å². The van der Waals surface area contributed by atoms with Crippen molar-refractivity contribution < 1.29 is 52.5 Å². The molecule has 0 saturated carbocycles. The molecule has 0 heterocycles. The van der Waals surface area contributed by atoms with Crippen molar-refractivity contribution in [2.24, 2.45) is 0 Å². The Balaban J connectivity index is 0.00000684. The number of amides is 2. The van der Waals surface area contributed by atoms with Crippen molar-refractivity contribution in [1.82, 2.24) is 10.6 Å². The van der Waals surface area contributed by atoms with Gasteiger partial charge in [-0.3, -0.25) is 9.59 Å². The summed E-state index contributed by atoms with van der Waals surface area (Å²) in [6.07, 6.45) is 0. The average Bonchev–Trinajstić information content (AvgIpc) is 2.89. The van der Waals surface area contributed by atoms with Crippen LogP contribution < -0.4 is 44.6 Å². The van der Waals surface area contributed by atoms with Crippen LogP contribution in [0.3, 0.4) is 0 Å². The summed E-state index contributed by atoms with van der Waals surface area (Å²) >= 11 is 0. The number of nitrogens with zero attached hydrogens (tertiary/aromatic N) is 2. The Hall–Kier alpha value is -1.74. The van der Waals surface area contributed by atoms with Gasteiger partial charge < -0.3 is 53.6 Å². The highest BCUT2D eigenvalue weighted by Gasteiger charge is 2.27. The highest BCUT2D eigenvalue weighted by Crippen LogP contribution is 2.18. The molecule has 2 rings (SSSR count). The molecule has 0 aliphatic carbocycles. The number of aryl methyl sites for hydroxylation is 2. The molecule has 2 aromatic carbocycles. The van der Waals surface area contributed by atoms with E-state index in [1.807, 2.05) is 0 Å². The number of hydrogen-bond donors (Lipinski definition) is 2. The molecule has 0 unspecified atom stereocenters. The molecule has 2 aromatic rings. The van der Waals surface area contributed by atoms with Crippen LogP contribution in [0, 0.1) is 13.8 Å². The van der Waals surface area contributed by atoms with Gasteiger partial charge in [-0.25, -0.2) is 0 Å². The predicted molar refractivity (Wildman–Crippen MR) is 148 cm³/mol. The quantitative estimate of drug-likeness (QED) is 0.182. The van der Waals surface area contributed by atoms with Crippen LogP contribution in [0.5, 0.6) is 0 Å². The van der Waals surface area contributed by atoms with Gasteiger partial charge in [0.15, 0.2) is 0 Å². The third kappa shape index (κ3) is 10.4. The van der Waals surface area contributed by atoms with Gasteiger partial charge in [-0.05, 0) is 52.7 Å². The summed E-state index contributed by atoms with van der Waals surface area (Å²) in [4.78, 5) is 25.0. The first-order chi connectivity index (χ1) is 17.2. The summed E-state index contributed by atoms with van der Waals surface area (Å²) in [5.41, 5.74) is 5.26. The molecule has 2 amide bonds. The Bertz CT molecular complexity index is 912. The second-order valence-electron chi connectivity index (χ2n) is 10.1. The summed E-state index contributed by atoms with van der Waals surface area (Å²) in [5, 5.41) is 5.72. The van der Waals surface area contributed by atoms with Crippen molar-refractivity contribution in [2.75, 3.05) is 52.4 Å². The van der Waals surface area contributed by atoms with Crippen molar-refractivity contribution >= 4 is 11.8 Å². The van der Waals surface area contributed by atoms with E-state index in [-0.39, 0.29) is 34.0 Å². The van der Waals surface area contributed by atoms with Crippen molar-refractivity contribution in [3.63, 3.8) is 0 Å². The van der Waals surface area contributed by atoms with Crippen LogP contribution in [0.25, 0.3) is 0 Å². The van der Waals surface area contributed by atoms with E-state index in [4.69, 9.17) is 0 Å². The van der Waals surface area contributed by atoms with E-state index in [1.54, 1.807) is 0 Å². The van der Waals surface area contributed by atoms with E-state index in [0.29, 0.717) is 13.1 Å². The molecule has 0 radical (unpaired) electrons. The van der Waals surface area contributed by atoms with E-state index in [9.17, 15) is 9.59 Å². The molecule has 0 fully saturated rings. The van der Waals surface area contributed by atoms with Crippen molar-refractivity contribution in [3.05, 3.63) is 70.8 Å². The van der Waals surface area contributed by atoms with Gasteiger partial charge in [0, 0.05) is 11.1 Å². The smallest absolute Gasteiger partial charge is 0.309 e. The number of quaternary nitrogens is 2. The molecule has 0 atom stereocenters. The molecular weight excluding hydrogens is 608 g/mol. The SMILES string of the molecule is CC[N+](CC)(CCNC(=O)C(=O)NCC[N+](CC)(CC)Cc1ccccc1C)Cc1ccccc1C.[Br-].[Br-]. The maximum Gasteiger partial charge on any atom is 0.309 e. The van der Waals surface area contributed by atoms with Crippen LogP contribution in [-0.4, -0.2) is 73.1 Å². The summed E-state index contributed by atoms with van der Waals surface area (Å²) < 4.78 is 1.75. The Kier molecular flexibility index (Phi) is 17.0. The highest BCUT2D eigenvalue weighted by molar-refractivity contribution is 6.35. The number of carbonyl (C=O) groups excluding carboxylic acids is 2. The Morgan fingerprint density at radius 3 is 1.21 bits per heavy atom. The summed E-state index contributed by atoms with van der Waals surface area (Å²) in [6, 6.07) is 17.0. The highest BCUT2D eigenvalue weighted by atomic mass is 79.9. The molecule has 2 N–H and O–H groups in total. The third-order valence-electron chi connectivity index (χ3n) is 8.17. The monoisotopic (exact) mass is 654 g/mol. The standard InChI is InChI=1S/C30H46N4O2.2BrH/c1-7-33(8-2,23-27-17-13-11-15-25(27)5)21-19-31-29(35)30(36)32-20-22-34(9-3,10-4)24-28-18-14-12-16-26(28)6;;/h11-18H,7-10,19-24H2,1-6H3;2*1H. The number of benzene rings is 2. The summed E-state index contributed by atoms with van der Waals surface area (Å²) in [5.74, 6) is -1.08. The number of hydrogen-bond acceptors (Lipinski definition) is 2. The van der Waals surface area contributed by atoms with Gasteiger partial charge in [-0.2, -0.15) is 0 Å². The molecule has 0 aliphatic heterocycles. The first-order valence-electron chi connectivity index (χ1n) is 13.6. The van der Waals surface area contributed by atoms with Crippen molar-refractivity contribution in [3.8, 4) is 0 Å². The van der Waals surface area contributed by atoms with Crippen LogP contribution in [0.2, 0.25) is 0 Å². The van der Waals surface area contributed by atoms with Gasteiger partial charge in [0.1, 0.15) is 13.1 Å². The predicted octanol–water partition coefficient (Wildman–Crippen LogP) is -2.04. The van der Waals surface area contributed by atoms with E-state index in [1.165, 1.54) is 22.3 Å². The number of likely N-dealkylation sites (N-methyl/N-ethyl adjacent to an activating group) is 2. The van der Waals surface area contributed by atoms with Gasteiger partial charge in [-0.15, -0.1) is 0 Å². The first kappa shape index (κ1) is 36.3. The Morgan fingerprint density at radius 2 is 0.921 bits per heavy atom. The lowest BCUT2D eigenvalue weighted by Gasteiger charge is -2.37. The maximum atomic E-state index is 12.5. The third-order valence-corrected chi connectivity index (χ3v) is 8.17. The Morgan fingerprint density at radius 1 is 0.605 bits per heavy atom. The second-order valence-corrected chi connectivity index (χ2v) is 10.1. The Labute approximate surface area is 251 Å². The van der Waals surface area contributed by atoms with Crippen molar-refractivity contribution in [1.29, 1.82) is 0 Å². The molecule has 6 nitrogen and oxygen atoms in total. The van der Waals surface area contributed by atoms with E-state index in [2.05, 4.69) is 101 Å². The minimum atomic E-state index is -0.541. The fraction of sp³-hybridized carbons (Fsp3) is 0.533. The normalized spacial score (nSPS) is 11.2. The molecule has 38 heavy (non-hydrogen) atoms. The minimum absolute atomic E-state index is 0. The van der Waals surface area contributed by atoms with Gasteiger partial charge in [0.25, 0.3) is 0 Å². The number of nitrogens with one attached hydrogen (secondary N) is 2. The number of rotatable bonds is 14. The number of halogens is 2. The zero-order chi connectivity index (χ0) is 26.6. The summed E-state index contributed by atoms with van der Waals surface area (Å²) in [7, 11) is 0. The van der Waals surface area contributed by atoms with Gasteiger partial charge >= 0.3 is 11.8 Å². The molecule has 214 valence electrons.